The van der Waals surface area contributed by atoms with E-state index in [2.05, 4.69) is 4.72 Å². The minimum Gasteiger partial charge on any atom is -0.211 e. The maximum atomic E-state index is 12.1. The van der Waals surface area contributed by atoms with E-state index in [9.17, 15) is 8.42 Å². The largest absolute Gasteiger partial charge is 0.241 e. The zero-order valence-electron chi connectivity index (χ0n) is 10.4. The fourth-order valence-electron chi connectivity index (χ4n) is 1.47. The van der Waals surface area contributed by atoms with Gasteiger partial charge in [0.25, 0.3) is 0 Å². The van der Waals surface area contributed by atoms with Crippen LogP contribution in [0.15, 0.2) is 29.2 Å². The number of nitrogens with one attached hydrogen (secondary N) is 1. The molecular weight excluding hydrogens is 268 g/mol. The van der Waals surface area contributed by atoms with Crippen LogP contribution in [0.3, 0.4) is 0 Å². The number of thioether (sulfide) groups is 1. The summed E-state index contributed by atoms with van der Waals surface area (Å²) in [6, 6.07) is 8.09. The Kier molecular flexibility index (Phi) is 5.66. The Labute approximate surface area is 112 Å². The predicted octanol–water partition coefficient (Wildman–Crippen LogP) is 1.84. The molecule has 0 amide bonds. The number of sulfonamides is 1. The molecule has 0 saturated heterocycles. The first-order valence-electron chi connectivity index (χ1n) is 5.49. The highest BCUT2D eigenvalue weighted by molar-refractivity contribution is 7.98. The molecule has 0 fully saturated rings. The molecule has 1 rings (SSSR count). The molecule has 0 saturated carbocycles. The summed E-state index contributed by atoms with van der Waals surface area (Å²) in [4.78, 5) is 0.0452. The summed E-state index contributed by atoms with van der Waals surface area (Å²) in [5, 5.41) is 8.90. The third kappa shape index (κ3) is 4.02. The van der Waals surface area contributed by atoms with Gasteiger partial charge in [-0.1, -0.05) is 19.1 Å². The first-order valence-corrected chi connectivity index (χ1v) is 8.36. The molecule has 1 atom stereocenters. The lowest BCUT2D eigenvalue weighted by molar-refractivity contribution is 0.562. The predicted molar refractivity (Wildman–Crippen MR) is 73.9 cm³/mol. The van der Waals surface area contributed by atoms with Gasteiger partial charge in [-0.3, -0.25) is 0 Å². The monoisotopic (exact) mass is 284 g/mol. The van der Waals surface area contributed by atoms with Crippen molar-refractivity contribution in [2.24, 2.45) is 5.92 Å². The van der Waals surface area contributed by atoms with E-state index in [1.165, 1.54) is 12.1 Å². The second-order valence-electron chi connectivity index (χ2n) is 4.02. The lowest BCUT2D eigenvalue weighted by atomic mass is 10.2. The molecule has 1 unspecified atom stereocenters. The van der Waals surface area contributed by atoms with E-state index in [-0.39, 0.29) is 16.4 Å². The van der Waals surface area contributed by atoms with Crippen molar-refractivity contribution in [2.75, 3.05) is 18.6 Å². The fraction of sp³-hybridized carbons (Fsp3) is 0.417. The molecule has 0 aliphatic carbocycles. The van der Waals surface area contributed by atoms with E-state index in [4.69, 9.17) is 5.26 Å². The molecule has 18 heavy (non-hydrogen) atoms. The van der Waals surface area contributed by atoms with Gasteiger partial charge in [0.15, 0.2) is 0 Å². The minimum atomic E-state index is -3.60. The van der Waals surface area contributed by atoms with Crippen LogP contribution in [0.4, 0.5) is 0 Å². The van der Waals surface area contributed by atoms with Crippen LogP contribution in [0.25, 0.3) is 0 Å². The summed E-state index contributed by atoms with van der Waals surface area (Å²) >= 11 is 1.68. The van der Waals surface area contributed by atoms with Gasteiger partial charge in [0.2, 0.25) is 10.0 Å². The summed E-state index contributed by atoms with van der Waals surface area (Å²) in [7, 11) is -3.60. The second kappa shape index (κ2) is 6.78. The van der Waals surface area contributed by atoms with E-state index in [1.807, 2.05) is 19.2 Å². The summed E-state index contributed by atoms with van der Waals surface area (Å²) in [6.45, 7) is 2.36. The van der Waals surface area contributed by atoms with Crippen LogP contribution in [0.5, 0.6) is 0 Å². The van der Waals surface area contributed by atoms with E-state index in [1.54, 1.807) is 23.9 Å². The van der Waals surface area contributed by atoms with Crippen molar-refractivity contribution < 1.29 is 8.42 Å². The van der Waals surface area contributed by atoms with Crippen LogP contribution in [-0.4, -0.2) is 27.0 Å². The Morgan fingerprint density at radius 2 is 2.11 bits per heavy atom. The number of nitrogens with zero attached hydrogens (tertiary/aromatic N) is 1. The van der Waals surface area contributed by atoms with Gasteiger partial charge in [-0.25, -0.2) is 13.1 Å². The zero-order chi connectivity index (χ0) is 13.6. The molecule has 0 heterocycles. The first kappa shape index (κ1) is 15.0. The number of rotatable bonds is 6. The topological polar surface area (TPSA) is 70.0 Å². The van der Waals surface area contributed by atoms with Crippen molar-refractivity contribution in [1.29, 1.82) is 5.26 Å². The van der Waals surface area contributed by atoms with Gasteiger partial charge >= 0.3 is 0 Å². The highest BCUT2D eigenvalue weighted by Gasteiger charge is 2.18. The average molecular weight is 284 g/mol. The van der Waals surface area contributed by atoms with Gasteiger partial charge in [0.05, 0.1) is 10.5 Å². The molecule has 0 aliphatic heterocycles. The van der Waals surface area contributed by atoms with Crippen LogP contribution in [0, 0.1) is 17.2 Å². The molecule has 1 aromatic carbocycles. The quantitative estimate of drug-likeness (QED) is 0.865. The van der Waals surface area contributed by atoms with Crippen molar-refractivity contribution in [2.45, 2.75) is 11.8 Å². The number of hydrogen-bond donors (Lipinski definition) is 1. The van der Waals surface area contributed by atoms with Crippen molar-refractivity contribution in [3.63, 3.8) is 0 Å². The van der Waals surface area contributed by atoms with Crippen LogP contribution in [-0.2, 0) is 10.0 Å². The summed E-state index contributed by atoms with van der Waals surface area (Å²) < 4.78 is 26.6. The lowest BCUT2D eigenvalue weighted by Crippen LogP contribution is -2.29. The number of hydrogen-bond acceptors (Lipinski definition) is 4. The zero-order valence-corrected chi connectivity index (χ0v) is 12.0. The number of nitriles is 1. The van der Waals surface area contributed by atoms with Crippen molar-refractivity contribution in [3.8, 4) is 6.07 Å². The Morgan fingerprint density at radius 3 is 2.72 bits per heavy atom. The lowest BCUT2D eigenvalue weighted by Gasteiger charge is -2.12. The SMILES string of the molecule is CSCC(C)CNS(=O)(=O)c1ccccc1C#N. The Balaban J connectivity index is 2.84. The van der Waals surface area contributed by atoms with Gasteiger partial charge < -0.3 is 0 Å². The van der Waals surface area contributed by atoms with E-state index in [0.29, 0.717) is 6.54 Å². The van der Waals surface area contributed by atoms with Gasteiger partial charge in [-0.15, -0.1) is 0 Å². The van der Waals surface area contributed by atoms with E-state index in [0.717, 1.165) is 5.75 Å². The minimum absolute atomic E-state index is 0.0452. The molecule has 0 bridgehead atoms. The Morgan fingerprint density at radius 1 is 1.44 bits per heavy atom. The Hall–Kier alpha value is -1.03. The molecule has 1 aromatic rings. The first-order chi connectivity index (χ1) is 8.51. The van der Waals surface area contributed by atoms with Gasteiger partial charge in [0, 0.05) is 6.54 Å². The number of benzene rings is 1. The van der Waals surface area contributed by atoms with Crippen molar-refractivity contribution in [1.82, 2.24) is 4.72 Å². The van der Waals surface area contributed by atoms with Crippen LogP contribution >= 0.6 is 11.8 Å². The third-order valence-electron chi connectivity index (χ3n) is 2.37. The van der Waals surface area contributed by atoms with Crippen molar-refractivity contribution >= 4 is 21.8 Å². The molecule has 1 N–H and O–H groups in total. The molecule has 0 radical (unpaired) electrons. The molecule has 4 nitrogen and oxygen atoms in total. The molecule has 0 spiro atoms. The van der Waals surface area contributed by atoms with Crippen LogP contribution < -0.4 is 4.72 Å². The highest BCUT2D eigenvalue weighted by Crippen LogP contribution is 2.14. The van der Waals surface area contributed by atoms with Gasteiger partial charge in [0.1, 0.15) is 6.07 Å². The summed E-state index contributed by atoms with van der Waals surface area (Å²) in [5.41, 5.74) is 0.169. The molecular formula is C12H16N2O2S2. The maximum absolute atomic E-state index is 12.1. The smallest absolute Gasteiger partial charge is 0.211 e. The average Bonchev–Trinajstić information content (AvgIpc) is 2.37. The third-order valence-corrected chi connectivity index (χ3v) is 4.75. The van der Waals surface area contributed by atoms with Crippen LogP contribution in [0.2, 0.25) is 0 Å². The maximum Gasteiger partial charge on any atom is 0.241 e. The highest BCUT2D eigenvalue weighted by atomic mass is 32.2. The molecule has 6 heteroatoms. The van der Waals surface area contributed by atoms with Crippen LogP contribution in [0.1, 0.15) is 12.5 Å². The van der Waals surface area contributed by atoms with E-state index >= 15 is 0 Å². The second-order valence-corrected chi connectivity index (χ2v) is 6.67. The molecule has 0 aromatic heterocycles. The fourth-order valence-corrected chi connectivity index (χ4v) is 3.47. The summed E-state index contributed by atoms with van der Waals surface area (Å²) in [5.74, 6) is 1.15. The molecule has 0 aliphatic rings. The normalized spacial score (nSPS) is 12.9. The van der Waals surface area contributed by atoms with Crippen molar-refractivity contribution in [3.05, 3.63) is 29.8 Å². The van der Waals surface area contributed by atoms with Gasteiger partial charge in [-0.2, -0.15) is 17.0 Å². The standard InChI is InChI=1S/C12H16N2O2S2/c1-10(9-17-2)8-14-18(15,16)12-6-4-3-5-11(12)7-13/h3-6,10,14H,8-9H2,1-2H3. The summed E-state index contributed by atoms with van der Waals surface area (Å²) in [6.07, 6.45) is 1.98. The van der Waals surface area contributed by atoms with Gasteiger partial charge in [-0.05, 0) is 30.1 Å². The van der Waals surface area contributed by atoms with E-state index < -0.39 is 10.0 Å². The Bertz CT molecular complexity index is 535. The molecule has 98 valence electrons.